The van der Waals surface area contributed by atoms with E-state index in [4.69, 9.17) is 0 Å². The van der Waals surface area contributed by atoms with Crippen molar-refractivity contribution in [2.45, 2.75) is 44.7 Å². The van der Waals surface area contributed by atoms with Crippen molar-refractivity contribution in [1.82, 2.24) is 15.1 Å². The molecule has 3 heteroatoms. The largest absolute Gasteiger partial charge is 0.312 e. The average Bonchev–Trinajstić information content (AvgIpc) is 3.08. The van der Waals surface area contributed by atoms with Gasteiger partial charge >= 0.3 is 0 Å². The van der Waals surface area contributed by atoms with Crippen LogP contribution in [-0.2, 0) is 0 Å². The number of hydrogen-bond donors (Lipinski definition) is 1. The van der Waals surface area contributed by atoms with E-state index in [-0.39, 0.29) is 0 Å². The van der Waals surface area contributed by atoms with Gasteiger partial charge in [0.1, 0.15) is 0 Å². The van der Waals surface area contributed by atoms with E-state index in [0.29, 0.717) is 0 Å². The molecule has 1 atom stereocenters. The molecule has 1 aliphatic heterocycles. The van der Waals surface area contributed by atoms with Crippen LogP contribution >= 0.6 is 0 Å². The zero-order valence-electron chi connectivity index (χ0n) is 10.9. The first-order chi connectivity index (χ1) is 7.79. The molecule has 16 heavy (non-hydrogen) atoms. The van der Waals surface area contributed by atoms with Gasteiger partial charge in [-0.15, -0.1) is 0 Å². The van der Waals surface area contributed by atoms with Gasteiger partial charge in [-0.05, 0) is 45.8 Å². The van der Waals surface area contributed by atoms with Crippen LogP contribution < -0.4 is 5.32 Å². The lowest BCUT2D eigenvalue weighted by molar-refractivity contribution is 0.192. The Balaban J connectivity index is 1.76. The van der Waals surface area contributed by atoms with Crippen LogP contribution in [0.5, 0.6) is 0 Å². The predicted molar refractivity (Wildman–Crippen MR) is 68.8 cm³/mol. The maximum Gasteiger partial charge on any atom is 0.0218 e. The van der Waals surface area contributed by atoms with Gasteiger partial charge < -0.3 is 10.2 Å². The van der Waals surface area contributed by atoms with Crippen LogP contribution in [0, 0.1) is 0 Å². The highest BCUT2D eigenvalue weighted by Crippen LogP contribution is 2.19. The van der Waals surface area contributed by atoms with Gasteiger partial charge in [-0.3, -0.25) is 4.90 Å². The van der Waals surface area contributed by atoms with Crippen molar-refractivity contribution in [1.29, 1.82) is 0 Å². The van der Waals surface area contributed by atoms with E-state index in [0.717, 1.165) is 12.1 Å². The van der Waals surface area contributed by atoms with E-state index in [2.05, 4.69) is 29.1 Å². The lowest BCUT2D eigenvalue weighted by Crippen LogP contribution is -2.44. The number of likely N-dealkylation sites (N-methyl/N-ethyl adjacent to an activating group) is 1. The van der Waals surface area contributed by atoms with Crippen LogP contribution in [0.15, 0.2) is 0 Å². The highest BCUT2D eigenvalue weighted by molar-refractivity contribution is 4.84. The molecule has 1 saturated heterocycles. The van der Waals surface area contributed by atoms with Crippen molar-refractivity contribution < 1.29 is 0 Å². The summed E-state index contributed by atoms with van der Waals surface area (Å²) in [5, 5.41) is 3.68. The van der Waals surface area contributed by atoms with Crippen molar-refractivity contribution in [2.75, 3.05) is 39.8 Å². The molecule has 1 unspecified atom stereocenters. The minimum Gasteiger partial charge on any atom is -0.312 e. The zero-order chi connectivity index (χ0) is 11.4. The van der Waals surface area contributed by atoms with Crippen molar-refractivity contribution in [3.05, 3.63) is 0 Å². The lowest BCUT2D eigenvalue weighted by Gasteiger charge is -2.30. The highest BCUT2D eigenvalue weighted by atomic mass is 15.2. The molecule has 2 rings (SSSR count). The molecule has 1 aliphatic carbocycles. The fourth-order valence-electron chi connectivity index (χ4n) is 2.55. The first kappa shape index (κ1) is 12.3. The summed E-state index contributed by atoms with van der Waals surface area (Å²) in [4.78, 5) is 5.15. The van der Waals surface area contributed by atoms with E-state index in [1.165, 1.54) is 58.4 Å². The second kappa shape index (κ2) is 5.99. The van der Waals surface area contributed by atoms with E-state index in [1.54, 1.807) is 0 Å². The summed E-state index contributed by atoms with van der Waals surface area (Å²) in [5.41, 5.74) is 0. The highest BCUT2D eigenvalue weighted by Gasteiger charge is 2.24. The molecule has 0 bridgehead atoms. The van der Waals surface area contributed by atoms with E-state index < -0.39 is 0 Å². The second-order valence-corrected chi connectivity index (χ2v) is 5.44. The standard InChI is InChI=1S/C13H27N3/c1-3-13(11-14-12-5-6-12)16-8-4-7-15(2)9-10-16/h12-14H,3-11H2,1-2H3. The topological polar surface area (TPSA) is 18.5 Å². The Kier molecular flexibility index (Phi) is 4.62. The monoisotopic (exact) mass is 225 g/mol. The molecule has 0 spiro atoms. The first-order valence-electron chi connectivity index (χ1n) is 6.95. The van der Waals surface area contributed by atoms with Crippen LogP contribution in [0.4, 0.5) is 0 Å². The van der Waals surface area contributed by atoms with Crippen LogP contribution in [0.25, 0.3) is 0 Å². The molecule has 1 heterocycles. The third kappa shape index (κ3) is 3.72. The normalized spacial score (nSPS) is 26.6. The SMILES string of the molecule is CCC(CNC1CC1)N1CCCN(C)CC1. The maximum atomic E-state index is 3.68. The third-order valence-corrected chi connectivity index (χ3v) is 3.96. The Morgan fingerprint density at radius 3 is 2.69 bits per heavy atom. The van der Waals surface area contributed by atoms with Gasteiger partial charge in [-0.1, -0.05) is 6.92 Å². The van der Waals surface area contributed by atoms with E-state index >= 15 is 0 Å². The molecule has 0 aromatic carbocycles. The van der Waals surface area contributed by atoms with Crippen LogP contribution in [0.3, 0.4) is 0 Å². The number of rotatable bonds is 5. The van der Waals surface area contributed by atoms with Crippen LogP contribution in [0.1, 0.15) is 32.6 Å². The Hall–Kier alpha value is -0.120. The van der Waals surface area contributed by atoms with Gasteiger partial charge in [0.2, 0.25) is 0 Å². The van der Waals surface area contributed by atoms with Gasteiger partial charge in [-0.2, -0.15) is 0 Å². The second-order valence-electron chi connectivity index (χ2n) is 5.44. The molecule has 1 saturated carbocycles. The third-order valence-electron chi connectivity index (χ3n) is 3.96. The fraction of sp³-hybridized carbons (Fsp3) is 1.00. The summed E-state index contributed by atoms with van der Waals surface area (Å²) in [6, 6.07) is 1.61. The van der Waals surface area contributed by atoms with Gasteiger partial charge in [-0.25, -0.2) is 0 Å². The summed E-state index contributed by atoms with van der Waals surface area (Å²) in [7, 11) is 2.24. The summed E-state index contributed by atoms with van der Waals surface area (Å²) in [6.45, 7) is 8.57. The molecule has 3 nitrogen and oxygen atoms in total. The van der Waals surface area contributed by atoms with E-state index in [9.17, 15) is 0 Å². The molecule has 0 aromatic heterocycles. The summed E-state index contributed by atoms with van der Waals surface area (Å²) < 4.78 is 0. The average molecular weight is 225 g/mol. The molecule has 0 amide bonds. The van der Waals surface area contributed by atoms with Gasteiger partial charge in [0.25, 0.3) is 0 Å². The van der Waals surface area contributed by atoms with Crippen molar-refractivity contribution >= 4 is 0 Å². The predicted octanol–water partition coefficient (Wildman–Crippen LogP) is 1.15. The molecular formula is C13H27N3. The molecule has 94 valence electrons. The Labute approximate surface area is 100 Å². The number of nitrogens with one attached hydrogen (secondary N) is 1. The van der Waals surface area contributed by atoms with Crippen molar-refractivity contribution in [3.8, 4) is 0 Å². The Morgan fingerprint density at radius 1 is 1.19 bits per heavy atom. The Bertz CT molecular complexity index is 203. The van der Waals surface area contributed by atoms with Gasteiger partial charge in [0.15, 0.2) is 0 Å². The lowest BCUT2D eigenvalue weighted by atomic mass is 10.1. The van der Waals surface area contributed by atoms with Crippen LogP contribution in [-0.4, -0.2) is 61.7 Å². The van der Waals surface area contributed by atoms with Gasteiger partial charge in [0.05, 0.1) is 0 Å². The number of nitrogens with zero attached hydrogens (tertiary/aromatic N) is 2. The first-order valence-corrected chi connectivity index (χ1v) is 6.95. The molecule has 0 radical (unpaired) electrons. The van der Waals surface area contributed by atoms with Gasteiger partial charge in [0, 0.05) is 31.7 Å². The van der Waals surface area contributed by atoms with Crippen LogP contribution in [0.2, 0.25) is 0 Å². The summed E-state index contributed by atoms with van der Waals surface area (Å²) in [5.74, 6) is 0. The molecule has 2 fully saturated rings. The minimum atomic E-state index is 0.757. The van der Waals surface area contributed by atoms with Crippen molar-refractivity contribution in [2.24, 2.45) is 0 Å². The summed E-state index contributed by atoms with van der Waals surface area (Å²) in [6.07, 6.45) is 5.41. The molecule has 1 N–H and O–H groups in total. The molecule has 2 aliphatic rings. The minimum absolute atomic E-state index is 0.757. The molecular weight excluding hydrogens is 198 g/mol. The van der Waals surface area contributed by atoms with Crippen molar-refractivity contribution in [3.63, 3.8) is 0 Å². The summed E-state index contributed by atoms with van der Waals surface area (Å²) >= 11 is 0. The smallest absolute Gasteiger partial charge is 0.0218 e. The van der Waals surface area contributed by atoms with E-state index in [1.807, 2.05) is 0 Å². The number of hydrogen-bond acceptors (Lipinski definition) is 3. The zero-order valence-corrected chi connectivity index (χ0v) is 10.9. The maximum absolute atomic E-state index is 3.68. The molecule has 0 aromatic rings. The fourth-order valence-corrected chi connectivity index (χ4v) is 2.55. The Morgan fingerprint density at radius 2 is 2.00 bits per heavy atom. The quantitative estimate of drug-likeness (QED) is 0.757.